The van der Waals surface area contributed by atoms with E-state index in [-0.39, 0.29) is 11.6 Å². The fourth-order valence-electron chi connectivity index (χ4n) is 2.28. The summed E-state index contributed by atoms with van der Waals surface area (Å²) in [6.07, 6.45) is 1.44. The third-order valence-corrected chi connectivity index (χ3v) is 4.57. The number of Topliss-reactive ketones (excluding diaryl/α,β-unsaturated/α-hetero) is 1. The molecular weight excluding hydrogens is 296 g/mol. The molecule has 0 heterocycles. The Hall–Kier alpha value is -2.33. The molecule has 0 N–H and O–H groups in total. The minimum atomic E-state index is -0.104. The van der Waals surface area contributed by atoms with Crippen LogP contribution in [0.25, 0.3) is 0 Å². The van der Waals surface area contributed by atoms with Crippen LogP contribution in [0.5, 0.6) is 5.75 Å². The number of hydrogen-bond donors (Lipinski definition) is 0. The molecule has 0 spiro atoms. The van der Waals surface area contributed by atoms with E-state index in [2.05, 4.69) is 0 Å². The van der Waals surface area contributed by atoms with Gasteiger partial charge in [-0.1, -0.05) is 36.4 Å². The smallest absolute Gasteiger partial charge is 0.200 e. The summed E-state index contributed by atoms with van der Waals surface area (Å²) in [5.74, 6) is 1.25. The van der Waals surface area contributed by atoms with E-state index in [4.69, 9.17) is 4.74 Å². The van der Waals surface area contributed by atoms with Crippen molar-refractivity contribution >= 4 is 23.3 Å². The number of thioether (sulfide) groups is 1. The van der Waals surface area contributed by atoms with Gasteiger partial charge in [0.2, 0.25) is 0 Å². The lowest BCUT2D eigenvalue weighted by Gasteiger charge is -2.14. The molecule has 0 unspecified atom stereocenters. The van der Waals surface area contributed by atoms with Crippen molar-refractivity contribution in [3.8, 4) is 5.75 Å². The van der Waals surface area contributed by atoms with Gasteiger partial charge in [0.25, 0.3) is 0 Å². The molecule has 0 bridgehead atoms. The van der Waals surface area contributed by atoms with E-state index in [9.17, 15) is 9.59 Å². The number of ether oxygens (including phenoxy) is 1. The SMILES string of the molecule is COc1ccc(CSC2=CC(=O)c3ccccc3C2=O)cc1. The van der Waals surface area contributed by atoms with E-state index in [0.717, 1.165) is 11.3 Å². The summed E-state index contributed by atoms with van der Waals surface area (Å²) < 4.78 is 5.12. The van der Waals surface area contributed by atoms with Crippen LogP contribution in [-0.2, 0) is 5.75 Å². The van der Waals surface area contributed by atoms with Gasteiger partial charge in [-0.05, 0) is 17.7 Å². The number of methoxy groups -OCH3 is 1. The lowest BCUT2D eigenvalue weighted by atomic mass is 9.95. The lowest BCUT2D eigenvalue weighted by Crippen LogP contribution is -2.15. The minimum Gasteiger partial charge on any atom is -0.497 e. The molecule has 22 heavy (non-hydrogen) atoms. The summed E-state index contributed by atoms with van der Waals surface area (Å²) in [6, 6.07) is 14.6. The Morgan fingerprint density at radius 2 is 1.64 bits per heavy atom. The van der Waals surface area contributed by atoms with E-state index in [1.165, 1.54) is 17.8 Å². The van der Waals surface area contributed by atoms with Gasteiger partial charge in [-0.25, -0.2) is 0 Å². The van der Waals surface area contributed by atoms with E-state index >= 15 is 0 Å². The average molecular weight is 310 g/mol. The molecule has 1 aliphatic carbocycles. The largest absolute Gasteiger partial charge is 0.497 e. The van der Waals surface area contributed by atoms with Crippen LogP contribution >= 0.6 is 11.8 Å². The molecule has 110 valence electrons. The fraction of sp³-hybridized carbons (Fsp3) is 0.111. The number of fused-ring (bicyclic) bond motifs is 1. The zero-order valence-electron chi connectivity index (χ0n) is 12.0. The summed E-state index contributed by atoms with van der Waals surface area (Å²) in [4.78, 5) is 25.0. The molecule has 0 amide bonds. The van der Waals surface area contributed by atoms with Crippen molar-refractivity contribution in [1.82, 2.24) is 0 Å². The van der Waals surface area contributed by atoms with Crippen LogP contribution in [0.2, 0.25) is 0 Å². The summed E-state index contributed by atoms with van der Waals surface area (Å²) in [7, 11) is 1.62. The highest BCUT2D eigenvalue weighted by Gasteiger charge is 2.25. The molecule has 3 rings (SSSR count). The number of hydrogen-bond acceptors (Lipinski definition) is 4. The second-order valence-corrected chi connectivity index (χ2v) is 5.90. The first kappa shape index (κ1) is 14.6. The molecule has 0 aromatic heterocycles. The zero-order chi connectivity index (χ0) is 15.5. The Morgan fingerprint density at radius 3 is 2.32 bits per heavy atom. The highest BCUT2D eigenvalue weighted by Crippen LogP contribution is 2.30. The molecule has 2 aromatic rings. The Morgan fingerprint density at radius 1 is 0.955 bits per heavy atom. The second-order valence-electron chi connectivity index (χ2n) is 4.88. The van der Waals surface area contributed by atoms with Crippen molar-refractivity contribution in [2.75, 3.05) is 7.11 Å². The van der Waals surface area contributed by atoms with Crippen molar-refractivity contribution in [2.24, 2.45) is 0 Å². The maximum Gasteiger partial charge on any atom is 0.200 e. The normalized spacial score (nSPS) is 13.6. The van der Waals surface area contributed by atoms with Crippen molar-refractivity contribution in [3.63, 3.8) is 0 Å². The van der Waals surface area contributed by atoms with Crippen molar-refractivity contribution < 1.29 is 14.3 Å². The van der Waals surface area contributed by atoms with Gasteiger partial charge >= 0.3 is 0 Å². The first-order valence-corrected chi connectivity index (χ1v) is 7.83. The predicted octanol–water partition coefficient (Wildman–Crippen LogP) is 3.89. The lowest BCUT2D eigenvalue weighted by molar-refractivity contribution is 0.0991. The summed E-state index contributed by atoms with van der Waals surface area (Å²) in [6.45, 7) is 0. The molecule has 3 nitrogen and oxygen atoms in total. The number of rotatable bonds is 4. The third kappa shape index (κ3) is 2.83. The maximum atomic E-state index is 12.4. The van der Waals surface area contributed by atoms with Crippen molar-refractivity contribution in [2.45, 2.75) is 5.75 Å². The molecule has 0 atom stereocenters. The molecule has 1 aliphatic rings. The molecule has 2 aromatic carbocycles. The number of carbonyl (C=O) groups is 2. The van der Waals surface area contributed by atoms with Crippen molar-refractivity contribution in [3.05, 3.63) is 76.2 Å². The molecule has 0 saturated carbocycles. The van der Waals surface area contributed by atoms with Gasteiger partial charge in [0.15, 0.2) is 11.6 Å². The van der Waals surface area contributed by atoms with Gasteiger partial charge in [-0.2, -0.15) is 0 Å². The number of ketones is 2. The van der Waals surface area contributed by atoms with Gasteiger partial charge in [-0.3, -0.25) is 9.59 Å². The Labute approximate surface area is 133 Å². The van der Waals surface area contributed by atoms with Gasteiger partial charge in [0.1, 0.15) is 5.75 Å². The molecule has 0 aliphatic heterocycles. The van der Waals surface area contributed by atoms with Crippen LogP contribution in [0.4, 0.5) is 0 Å². The van der Waals surface area contributed by atoms with E-state index in [1.54, 1.807) is 31.4 Å². The predicted molar refractivity (Wildman–Crippen MR) is 87.5 cm³/mol. The zero-order valence-corrected chi connectivity index (χ0v) is 12.9. The highest BCUT2D eigenvalue weighted by atomic mass is 32.2. The first-order valence-electron chi connectivity index (χ1n) is 6.84. The third-order valence-electron chi connectivity index (χ3n) is 3.48. The number of benzene rings is 2. The first-order chi connectivity index (χ1) is 10.7. The summed E-state index contributed by atoms with van der Waals surface area (Å²) in [5, 5.41) is 0. The summed E-state index contributed by atoms with van der Waals surface area (Å²) in [5.41, 5.74) is 2.05. The molecule has 0 radical (unpaired) electrons. The molecule has 0 fully saturated rings. The van der Waals surface area contributed by atoms with Gasteiger partial charge < -0.3 is 4.74 Å². The second kappa shape index (κ2) is 6.20. The maximum absolute atomic E-state index is 12.4. The van der Waals surface area contributed by atoms with E-state index < -0.39 is 0 Å². The van der Waals surface area contributed by atoms with Crippen LogP contribution in [-0.4, -0.2) is 18.7 Å². The Bertz CT molecular complexity index is 760. The molecule has 0 saturated heterocycles. The fourth-order valence-corrected chi connectivity index (χ4v) is 3.23. The topological polar surface area (TPSA) is 43.4 Å². The monoisotopic (exact) mass is 310 g/mol. The van der Waals surface area contributed by atoms with Crippen LogP contribution < -0.4 is 4.74 Å². The highest BCUT2D eigenvalue weighted by molar-refractivity contribution is 8.03. The minimum absolute atomic E-state index is 0.0753. The van der Waals surface area contributed by atoms with E-state index in [1.807, 2.05) is 24.3 Å². The van der Waals surface area contributed by atoms with Crippen LogP contribution in [0.15, 0.2) is 59.5 Å². The quantitative estimate of drug-likeness (QED) is 0.859. The molecule has 4 heteroatoms. The van der Waals surface area contributed by atoms with Crippen LogP contribution in [0.3, 0.4) is 0 Å². The Balaban J connectivity index is 1.76. The van der Waals surface area contributed by atoms with Crippen LogP contribution in [0.1, 0.15) is 26.3 Å². The van der Waals surface area contributed by atoms with Crippen LogP contribution in [0, 0.1) is 0 Å². The Kier molecular flexibility index (Phi) is 4.11. The summed E-state index contributed by atoms with van der Waals surface area (Å²) >= 11 is 1.39. The standard InChI is InChI=1S/C18H14O3S/c1-21-13-8-6-12(7-9-13)11-22-17-10-16(19)14-4-2-3-5-15(14)18(17)20/h2-10H,11H2,1H3. The average Bonchev–Trinajstić information content (AvgIpc) is 2.57. The number of allylic oxidation sites excluding steroid dienone is 2. The van der Waals surface area contributed by atoms with Gasteiger partial charge in [0.05, 0.1) is 12.0 Å². The van der Waals surface area contributed by atoms with Gasteiger partial charge in [0, 0.05) is 23.0 Å². The van der Waals surface area contributed by atoms with Gasteiger partial charge in [-0.15, -0.1) is 11.8 Å². The van der Waals surface area contributed by atoms with E-state index in [0.29, 0.717) is 21.8 Å². The molecular formula is C18H14O3S. The van der Waals surface area contributed by atoms with Crippen molar-refractivity contribution in [1.29, 1.82) is 0 Å². The number of carbonyl (C=O) groups excluding carboxylic acids is 2.